The molecule has 27 heavy (non-hydrogen) atoms. The fourth-order valence-corrected chi connectivity index (χ4v) is 4.21. The summed E-state index contributed by atoms with van der Waals surface area (Å²) in [5.41, 5.74) is 1.71. The lowest BCUT2D eigenvalue weighted by atomic mass is 10.1. The number of amides is 3. The zero-order valence-corrected chi connectivity index (χ0v) is 15.9. The summed E-state index contributed by atoms with van der Waals surface area (Å²) in [6, 6.07) is 9.89. The van der Waals surface area contributed by atoms with Crippen LogP contribution in [0.5, 0.6) is 0 Å². The highest BCUT2D eigenvalue weighted by Crippen LogP contribution is 2.30. The van der Waals surface area contributed by atoms with Gasteiger partial charge in [0.15, 0.2) is 0 Å². The van der Waals surface area contributed by atoms with Crippen molar-refractivity contribution in [2.45, 2.75) is 38.2 Å². The van der Waals surface area contributed by atoms with Crippen molar-refractivity contribution < 1.29 is 19.1 Å². The molecule has 1 aliphatic rings. The van der Waals surface area contributed by atoms with Gasteiger partial charge < -0.3 is 10.1 Å². The van der Waals surface area contributed by atoms with Crippen molar-refractivity contribution in [3.05, 3.63) is 57.3 Å². The first-order valence-electron chi connectivity index (χ1n) is 8.98. The molecule has 7 heteroatoms. The molecule has 3 rings (SSSR count). The molecule has 1 heterocycles. The third-order valence-electron chi connectivity index (χ3n) is 4.48. The number of hydrogen-bond acceptors (Lipinski definition) is 5. The Kier molecular flexibility index (Phi) is 6.24. The molecule has 0 radical (unpaired) electrons. The van der Waals surface area contributed by atoms with E-state index in [1.807, 2.05) is 6.07 Å². The van der Waals surface area contributed by atoms with Crippen LogP contribution in [-0.4, -0.2) is 25.0 Å². The number of benzene rings is 1. The van der Waals surface area contributed by atoms with E-state index < -0.39 is 24.0 Å². The summed E-state index contributed by atoms with van der Waals surface area (Å²) < 4.78 is 5.52. The van der Waals surface area contributed by atoms with E-state index in [9.17, 15) is 14.4 Å². The second kappa shape index (κ2) is 8.81. The molecule has 2 N–H and O–H groups in total. The number of imide groups is 1. The number of urea groups is 1. The monoisotopic (exact) mass is 386 g/mol. The Labute approximate surface area is 161 Å². The minimum atomic E-state index is -1.20. The fourth-order valence-electron chi connectivity index (χ4n) is 3.07. The van der Waals surface area contributed by atoms with Gasteiger partial charge >= 0.3 is 12.0 Å². The van der Waals surface area contributed by atoms with Gasteiger partial charge in [0.05, 0.1) is 0 Å². The summed E-state index contributed by atoms with van der Waals surface area (Å²) in [5, 5.41) is 4.50. The molecule has 1 aromatic heterocycles. The van der Waals surface area contributed by atoms with Crippen LogP contribution < -0.4 is 10.6 Å². The Hall–Kier alpha value is -2.67. The number of carbonyl (C=O) groups is 3. The van der Waals surface area contributed by atoms with E-state index in [2.05, 4.69) is 10.6 Å². The van der Waals surface area contributed by atoms with Gasteiger partial charge in [-0.2, -0.15) is 0 Å². The van der Waals surface area contributed by atoms with Crippen LogP contribution in [-0.2, 0) is 22.4 Å². The summed E-state index contributed by atoms with van der Waals surface area (Å²) >= 11 is 1.44. The van der Waals surface area contributed by atoms with Gasteiger partial charge in [-0.05, 0) is 37.3 Å². The topological polar surface area (TPSA) is 84.5 Å². The number of nitrogens with one attached hydrogen (secondary N) is 2. The molecule has 0 saturated carbocycles. The third-order valence-corrected chi connectivity index (χ3v) is 5.69. The Morgan fingerprint density at radius 3 is 2.56 bits per heavy atom. The van der Waals surface area contributed by atoms with Gasteiger partial charge in [-0.25, -0.2) is 9.59 Å². The largest absolute Gasteiger partial charge is 0.443 e. The highest BCUT2D eigenvalue weighted by atomic mass is 32.1. The average molecular weight is 386 g/mol. The van der Waals surface area contributed by atoms with Crippen molar-refractivity contribution in [1.29, 1.82) is 0 Å². The van der Waals surface area contributed by atoms with E-state index in [1.54, 1.807) is 30.3 Å². The molecule has 2 aromatic rings. The second-order valence-corrected chi connectivity index (χ2v) is 7.52. The highest BCUT2D eigenvalue weighted by Gasteiger charge is 2.28. The van der Waals surface area contributed by atoms with Crippen LogP contribution in [0, 0.1) is 0 Å². The first-order chi connectivity index (χ1) is 13.1. The third kappa shape index (κ3) is 4.74. The standard InChI is InChI=1S/C20H22N2O4S/c1-21-20(25)22-18(23)17(13-8-4-2-5-9-13)26-19(24)16-12-14-10-6-3-7-11-15(14)27-16/h2,4-5,8-9,12,17H,3,6-7,10-11H2,1H3,(H2,21,22,23,25)/t17-/m0/s1. The zero-order valence-electron chi connectivity index (χ0n) is 15.1. The molecule has 0 aliphatic heterocycles. The molecular weight excluding hydrogens is 364 g/mol. The van der Waals surface area contributed by atoms with Crippen molar-refractivity contribution in [2.75, 3.05) is 7.05 Å². The summed E-state index contributed by atoms with van der Waals surface area (Å²) in [6.45, 7) is 0. The molecule has 3 amide bonds. The first-order valence-corrected chi connectivity index (χ1v) is 9.80. The van der Waals surface area contributed by atoms with Gasteiger partial charge in [0.1, 0.15) is 4.88 Å². The zero-order chi connectivity index (χ0) is 19.2. The van der Waals surface area contributed by atoms with Crippen molar-refractivity contribution in [2.24, 2.45) is 0 Å². The number of thiophene rings is 1. The molecule has 0 bridgehead atoms. The number of esters is 1. The lowest BCUT2D eigenvalue weighted by Gasteiger charge is -2.17. The number of fused-ring (bicyclic) bond motifs is 1. The molecule has 142 valence electrons. The number of carbonyl (C=O) groups excluding carboxylic acids is 3. The van der Waals surface area contributed by atoms with Gasteiger partial charge in [-0.1, -0.05) is 36.8 Å². The molecule has 1 atom stereocenters. The maximum Gasteiger partial charge on any atom is 0.349 e. The summed E-state index contributed by atoms with van der Waals surface area (Å²) in [7, 11) is 1.41. The summed E-state index contributed by atoms with van der Waals surface area (Å²) in [6.07, 6.45) is 4.21. The van der Waals surface area contributed by atoms with Gasteiger partial charge in [-0.15, -0.1) is 11.3 Å². The molecule has 1 aromatic carbocycles. The van der Waals surface area contributed by atoms with Crippen LogP contribution >= 0.6 is 11.3 Å². The number of rotatable bonds is 4. The maximum atomic E-state index is 12.7. The van der Waals surface area contributed by atoms with Crippen LogP contribution in [0.3, 0.4) is 0 Å². The quantitative estimate of drug-likeness (QED) is 0.623. The van der Waals surface area contributed by atoms with Crippen LogP contribution in [0.2, 0.25) is 0 Å². The maximum absolute atomic E-state index is 12.7. The van der Waals surface area contributed by atoms with Gasteiger partial charge in [0.25, 0.3) is 5.91 Å². The van der Waals surface area contributed by atoms with Crippen LogP contribution in [0.15, 0.2) is 36.4 Å². The molecule has 1 aliphatic carbocycles. The van der Waals surface area contributed by atoms with Crippen molar-refractivity contribution >= 4 is 29.2 Å². The molecule has 0 saturated heterocycles. The lowest BCUT2D eigenvalue weighted by Crippen LogP contribution is -2.41. The van der Waals surface area contributed by atoms with E-state index in [-0.39, 0.29) is 0 Å². The van der Waals surface area contributed by atoms with Crippen molar-refractivity contribution in [3.63, 3.8) is 0 Å². The first kappa shape index (κ1) is 19.1. The van der Waals surface area contributed by atoms with Crippen LogP contribution in [0.4, 0.5) is 4.79 Å². The summed E-state index contributed by atoms with van der Waals surface area (Å²) in [4.78, 5) is 38.4. The molecule has 6 nitrogen and oxygen atoms in total. The molecule has 0 unspecified atom stereocenters. The van der Waals surface area contributed by atoms with Crippen LogP contribution in [0.25, 0.3) is 0 Å². The summed E-state index contributed by atoms with van der Waals surface area (Å²) in [5.74, 6) is -1.24. The number of aryl methyl sites for hydroxylation is 2. The predicted molar refractivity (Wildman–Crippen MR) is 103 cm³/mol. The SMILES string of the molecule is CNC(=O)NC(=O)[C@@H](OC(=O)c1cc2c(s1)CCCCC2)c1ccccc1. The fraction of sp³-hybridized carbons (Fsp3) is 0.350. The van der Waals surface area contributed by atoms with Crippen LogP contribution in [0.1, 0.15) is 51.0 Å². The average Bonchev–Trinajstić information content (AvgIpc) is 2.97. The normalized spacial score (nSPS) is 14.4. The number of hydrogen-bond donors (Lipinski definition) is 2. The molecule has 0 spiro atoms. The van der Waals surface area contributed by atoms with Gasteiger partial charge in [0.2, 0.25) is 6.10 Å². The Morgan fingerprint density at radius 2 is 1.81 bits per heavy atom. The predicted octanol–water partition coefficient (Wildman–Crippen LogP) is 3.37. The minimum Gasteiger partial charge on any atom is -0.443 e. The number of ether oxygens (including phenoxy) is 1. The smallest absolute Gasteiger partial charge is 0.349 e. The Balaban J connectivity index is 1.80. The van der Waals surface area contributed by atoms with E-state index in [4.69, 9.17) is 4.74 Å². The lowest BCUT2D eigenvalue weighted by molar-refractivity contribution is -0.129. The van der Waals surface area contributed by atoms with E-state index >= 15 is 0 Å². The van der Waals surface area contributed by atoms with Gasteiger partial charge in [-0.3, -0.25) is 10.1 Å². The highest BCUT2D eigenvalue weighted by molar-refractivity contribution is 7.14. The molecular formula is C20H22N2O4S. The van der Waals surface area contributed by atoms with Crippen molar-refractivity contribution in [3.8, 4) is 0 Å². The van der Waals surface area contributed by atoms with E-state index in [1.165, 1.54) is 35.2 Å². The van der Waals surface area contributed by atoms with E-state index in [0.29, 0.717) is 10.4 Å². The van der Waals surface area contributed by atoms with Gasteiger partial charge in [0, 0.05) is 17.5 Å². The minimum absolute atomic E-state index is 0.496. The molecule has 0 fully saturated rings. The Morgan fingerprint density at radius 1 is 1.07 bits per heavy atom. The van der Waals surface area contributed by atoms with Crippen molar-refractivity contribution in [1.82, 2.24) is 10.6 Å². The van der Waals surface area contributed by atoms with E-state index in [0.717, 1.165) is 25.7 Å². The Bertz CT molecular complexity index is 808. The second-order valence-electron chi connectivity index (χ2n) is 6.38.